The summed E-state index contributed by atoms with van der Waals surface area (Å²) in [5.74, 6) is 0.161. The lowest BCUT2D eigenvalue weighted by Gasteiger charge is -2.23. The molecule has 0 fully saturated rings. The van der Waals surface area contributed by atoms with Crippen molar-refractivity contribution in [2.75, 3.05) is 0 Å². The molecule has 0 unspecified atom stereocenters. The van der Waals surface area contributed by atoms with Crippen molar-refractivity contribution in [1.82, 2.24) is 4.72 Å². The van der Waals surface area contributed by atoms with E-state index in [-0.39, 0.29) is 5.84 Å². The van der Waals surface area contributed by atoms with Crippen molar-refractivity contribution in [2.24, 2.45) is 10.1 Å². The van der Waals surface area contributed by atoms with Gasteiger partial charge in [0.15, 0.2) is 0 Å². The molecule has 0 bridgehead atoms. The molecular weight excluding hydrogens is 190 g/mol. The first-order valence-corrected chi connectivity index (χ1v) is 5.63. The molecule has 2 rings (SSSR count). The summed E-state index contributed by atoms with van der Waals surface area (Å²) in [6, 6.07) is 0. The van der Waals surface area contributed by atoms with Crippen LogP contribution >= 0.6 is 0 Å². The van der Waals surface area contributed by atoms with E-state index in [2.05, 4.69) is 9.12 Å². The number of hydrogen-bond acceptors (Lipinski definition) is 3. The summed E-state index contributed by atoms with van der Waals surface area (Å²) in [6.07, 6.45) is 3.64. The predicted molar refractivity (Wildman–Crippen MR) is 49.2 cm³/mol. The molecular formula is C7H11N3O2S. The van der Waals surface area contributed by atoms with Crippen LogP contribution in [0.25, 0.3) is 0 Å². The minimum atomic E-state index is -3.55. The van der Waals surface area contributed by atoms with Crippen molar-refractivity contribution >= 4 is 16.0 Å². The van der Waals surface area contributed by atoms with Gasteiger partial charge in [-0.1, -0.05) is 0 Å². The summed E-state index contributed by atoms with van der Waals surface area (Å²) in [6.45, 7) is 0. The third-order valence-electron chi connectivity index (χ3n) is 2.25. The molecule has 1 heterocycles. The summed E-state index contributed by atoms with van der Waals surface area (Å²) >= 11 is 0. The zero-order valence-electron chi connectivity index (χ0n) is 7.08. The van der Waals surface area contributed by atoms with Gasteiger partial charge in [-0.15, -0.1) is 4.40 Å². The minimum absolute atomic E-state index is 0.161. The van der Waals surface area contributed by atoms with E-state index in [1.807, 2.05) is 0 Å². The Kier molecular flexibility index (Phi) is 1.80. The molecule has 72 valence electrons. The molecule has 1 aliphatic carbocycles. The third kappa shape index (κ3) is 1.53. The van der Waals surface area contributed by atoms with E-state index >= 15 is 0 Å². The molecule has 5 nitrogen and oxygen atoms in total. The standard InChI is InChI=1S/C7H11N3O2S/c8-7-5-3-1-2-4-6(5)9-13(11,12)10-7/h9H,1-4H2,(H2,8,10). The third-order valence-corrected chi connectivity index (χ3v) is 3.19. The quantitative estimate of drug-likeness (QED) is 0.579. The van der Waals surface area contributed by atoms with E-state index in [1.54, 1.807) is 0 Å². The Balaban J connectivity index is 2.45. The highest BCUT2D eigenvalue weighted by Crippen LogP contribution is 2.26. The molecule has 0 aromatic rings. The van der Waals surface area contributed by atoms with Gasteiger partial charge in [0.2, 0.25) is 0 Å². The monoisotopic (exact) mass is 201 g/mol. The SMILES string of the molecule is NC1=NS(=O)(=O)NC2=C1CCCC2. The maximum Gasteiger partial charge on any atom is 0.343 e. The predicted octanol–water partition coefficient (Wildman–Crippen LogP) is 0.0197. The Morgan fingerprint density at radius 2 is 2.00 bits per heavy atom. The topological polar surface area (TPSA) is 84.5 Å². The molecule has 0 aromatic heterocycles. The highest BCUT2D eigenvalue weighted by atomic mass is 32.2. The lowest BCUT2D eigenvalue weighted by Crippen LogP contribution is -2.34. The minimum Gasteiger partial charge on any atom is -0.383 e. The van der Waals surface area contributed by atoms with Gasteiger partial charge in [0, 0.05) is 11.3 Å². The molecule has 6 heteroatoms. The van der Waals surface area contributed by atoms with Crippen molar-refractivity contribution < 1.29 is 8.42 Å². The largest absolute Gasteiger partial charge is 0.383 e. The molecule has 2 aliphatic rings. The van der Waals surface area contributed by atoms with Gasteiger partial charge in [-0.2, -0.15) is 8.42 Å². The number of nitrogens with two attached hydrogens (primary N) is 1. The highest BCUT2D eigenvalue weighted by molar-refractivity contribution is 7.88. The number of nitrogens with zero attached hydrogens (tertiary/aromatic N) is 1. The zero-order chi connectivity index (χ0) is 9.47. The first kappa shape index (κ1) is 8.55. The summed E-state index contributed by atoms with van der Waals surface area (Å²) in [5, 5.41) is 0. The van der Waals surface area contributed by atoms with Crippen LogP contribution in [0.1, 0.15) is 25.7 Å². The molecule has 1 aliphatic heterocycles. The van der Waals surface area contributed by atoms with Gasteiger partial charge >= 0.3 is 10.2 Å². The van der Waals surface area contributed by atoms with Crippen molar-refractivity contribution in [3.05, 3.63) is 11.3 Å². The molecule has 13 heavy (non-hydrogen) atoms. The van der Waals surface area contributed by atoms with Gasteiger partial charge in [-0.05, 0) is 25.7 Å². The van der Waals surface area contributed by atoms with E-state index in [0.717, 1.165) is 37.0 Å². The lowest BCUT2D eigenvalue weighted by atomic mass is 9.96. The molecule has 0 amide bonds. The van der Waals surface area contributed by atoms with Crippen LogP contribution in [0.2, 0.25) is 0 Å². The fraction of sp³-hybridized carbons (Fsp3) is 0.571. The van der Waals surface area contributed by atoms with E-state index < -0.39 is 10.2 Å². The molecule has 0 saturated carbocycles. The first-order valence-electron chi connectivity index (χ1n) is 4.19. The van der Waals surface area contributed by atoms with Crippen molar-refractivity contribution in [3.8, 4) is 0 Å². The number of nitrogens with one attached hydrogen (secondary N) is 1. The van der Waals surface area contributed by atoms with Gasteiger partial charge in [-0.25, -0.2) is 0 Å². The molecule has 0 spiro atoms. The Morgan fingerprint density at radius 1 is 1.31 bits per heavy atom. The molecule has 0 radical (unpaired) electrons. The van der Waals surface area contributed by atoms with Crippen LogP contribution in [-0.4, -0.2) is 14.3 Å². The molecule has 3 N–H and O–H groups in total. The number of allylic oxidation sites excluding steroid dienone is 1. The van der Waals surface area contributed by atoms with Gasteiger partial charge in [0.1, 0.15) is 5.84 Å². The van der Waals surface area contributed by atoms with Crippen LogP contribution in [-0.2, 0) is 10.2 Å². The Labute approximate surface area is 76.9 Å². The van der Waals surface area contributed by atoms with Crippen LogP contribution in [0, 0.1) is 0 Å². The van der Waals surface area contributed by atoms with Gasteiger partial charge in [-0.3, -0.25) is 4.72 Å². The van der Waals surface area contributed by atoms with Gasteiger partial charge in [0.25, 0.3) is 0 Å². The van der Waals surface area contributed by atoms with Crippen molar-refractivity contribution in [2.45, 2.75) is 25.7 Å². The first-order chi connectivity index (χ1) is 6.08. The van der Waals surface area contributed by atoms with Crippen LogP contribution in [0.5, 0.6) is 0 Å². The van der Waals surface area contributed by atoms with E-state index in [0.29, 0.717) is 0 Å². The van der Waals surface area contributed by atoms with Gasteiger partial charge < -0.3 is 5.73 Å². The van der Waals surface area contributed by atoms with E-state index in [4.69, 9.17) is 5.73 Å². The maximum atomic E-state index is 11.1. The van der Waals surface area contributed by atoms with Crippen LogP contribution in [0.4, 0.5) is 0 Å². The second-order valence-corrected chi connectivity index (χ2v) is 4.55. The van der Waals surface area contributed by atoms with Crippen molar-refractivity contribution in [3.63, 3.8) is 0 Å². The van der Waals surface area contributed by atoms with Gasteiger partial charge in [0.05, 0.1) is 0 Å². The normalized spacial score (nSPS) is 26.0. The van der Waals surface area contributed by atoms with Crippen LogP contribution < -0.4 is 10.5 Å². The summed E-state index contributed by atoms with van der Waals surface area (Å²) in [7, 11) is -3.55. The van der Waals surface area contributed by atoms with Crippen LogP contribution in [0.15, 0.2) is 15.7 Å². The highest BCUT2D eigenvalue weighted by Gasteiger charge is 2.25. The number of hydrogen-bond donors (Lipinski definition) is 2. The Hall–Kier alpha value is -1.04. The molecule has 0 aromatic carbocycles. The molecule has 0 atom stereocenters. The van der Waals surface area contributed by atoms with Crippen LogP contribution in [0.3, 0.4) is 0 Å². The van der Waals surface area contributed by atoms with Crippen molar-refractivity contribution in [1.29, 1.82) is 0 Å². The average Bonchev–Trinajstić information content (AvgIpc) is 2.02. The summed E-state index contributed by atoms with van der Waals surface area (Å²) in [5.41, 5.74) is 7.15. The Morgan fingerprint density at radius 3 is 2.77 bits per heavy atom. The second kappa shape index (κ2) is 2.73. The maximum absolute atomic E-state index is 11.1. The second-order valence-electron chi connectivity index (χ2n) is 3.22. The lowest BCUT2D eigenvalue weighted by molar-refractivity contribution is 0.580. The van der Waals surface area contributed by atoms with E-state index in [1.165, 1.54) is 0 Å². The van der Waals surface area contributed by atoms with E-state index in [9.17, 15) is 8.42 Å². The Bertz CT molecular complexity index is 394. The molecule has 0 saturated heterocycles. The summed E-state index contributed by atoms with van der Waals surface area (Å²) < 4.78 is 28.0. The zero-order valence-corrected chi connectivity index (χ0v) is 7.89. The smallest absolute Gasteiger partial charge is 0.343 e. The number of amidine groups is 1. The fourth-order valence-corrected chi connectivity index (χ4v) is 2.62. The number of rotatable bonds is 0. The fourth-order valence-electron chi connectivity index (χ4n) is 1.66. The average molecular weight is 201 g/mol. The summed E-state index contributed by atoms with van der Waals surface area (Å²) in [4.78, 5) is 0.